The van der Waals surface area contributed by atoms with Crippen LogP contribution in [0.1, 0.15) is 28.9 Å². The number of nitrogens with zero attached hydrogens (tertiary/aromatic N) is 2. The topological polar surface area (TPSA) is 72.9 Å². The van der Waals surface area contributed by atoms with Gasteiger partial charge >= 0.3 is 0 Å². The van der Waals surface area contributed by atoms with Gasteiger partial charge in [0.2, 0.25) is 0 Å². The summed E-state index contributed by atoms with van der Waals surface area (Å²) in [5.74, 6) is -3.31. The second kappa shape index (κ2) is 8.93. The number of rotatable bonds is 5. The Labute approximate surface area is 168 Å². The van der Waals surface area contributed by atoms with E-state index in [4.69, 9.17) is 4.55 Å². The normalized spacial score (nSPS) is 17.1. The standard InChI is InChI=1S/C19H20F3N3O3S/c1-12(16-10-14(20)11-17(21)18(16)22)24-6-8-25(9-7-24)19(26)13-2-4-15(5-3-13)23-29(27)28/h2-5,10-12,23H,6-9H2,1H3,(H,27,28). The van der Waals surface area contributed by atoms with Crippen LogP contribution in [0.3, 0.4) is 0 Å². The molecule has 0 aliphatic carbocycles. The fourth-order valence-electron chi connectivity index (χ4n) is 3.35. The van der Waals surface area contributed by atoms with Crippen molar-refractivity contribution in [3.8, 4) is 0 Å². The molecule has 0 radical (unpaired) electrons. The first-order valence-electron chi connectivity index (χ1n) is 8.91. The van der Waals surface area contributed by atoms with Gasteiger partial charge in [0.05, 0.1) is 0 Å². The molecule has 2 aromatic rings. The summed E-state index contributed by atoms with van der Waals surface area (Å²) < 4.78 is 62.9. The van der Waals surface area contributed by atoms with E-state index in [1.54, 1.807) is 24.0 Å². The number of carbonyl (C=O) groups excluding carboxylic acids is 1. The molecule has 0 spiro atoms. The Morgan fingerprint density at radius 3 is 2.31 bits per heavy atom. The molecule has 29 heavy (non-hydrogen) atoms. The summed E-state index contributed by atoms with van der Waals surface area (Å²) >= 11 is -2.19. The highest BCUT2D eigenvalue weighted by atomic mass is 32.2. The Morgan fingerprint density at radius 1 is 1.10 bits per heavy atom. The molecule has 0 aromatic heterocycles. The number of nitrogens with one attached hydrogen (secondary N) is 1. The first kappa shape index (κ1) is 21.3. The molecule has 1 amide bonds. The predicted molar refractivity (Wildman–Crippen MR) is 103 cm³/mol. The Bertz CT molecular complexity index is 919. The molecule has 156 valence electrons. The third-order valence-electron chi connectivity index (χ3n) is 4.96. The number of piperazine rings is 1. The zero-order valence-electron chi connectivity index (χ0n) is 15.6. The Kier molecular flexibility index (Phi) is 6.56. The van der Waals surface area contributed by atoms with Crippen molar-refractivity contribution in [1.29, 1.82) is 0 Å². The van der Waals surface area contributed by atoms with Crippen LogP contribution >= 0.6 is 0 Å². The molecule has 0 bridgehead atoms. The monoisotopic (exact) mass is 427 g/mol. The van der Waals surface area contributed by atoms with E-state index >= 15 is 0 Å². The van der Waals surface area contributed by atoms with Crippen LogP contribution in [0.4, 0.5) is 18.9 Å². The van der Waals surface area contributed by atoms with Gasteiger partial charge in [0.1, 0.15) is 5.82 Å². The summed E-state index contributed by atoms with van der Waals surface area (Å²) in [5, 5.41) is 0. The van der Waals surface area contributed by atoms with Crippen molar-refractivity contribution in [2.45, 2.75) is 13.0 Å². The van der Waals surface area contributed by atoms with E-state index in [0.29, 0.717) is 43.5 Å². The van der Waals surface area contributed by atoms with Crippen LogP contribution in [0, 0.1) is 17.5 Å². The highest BCUT2D eigenvalue weighted by Crippen LogP contribution is 2.27. The summed E-state index contributed by atoms with van der Waals surface area (Å²) in [6.07, 6.45) is 0. The third-order valence-corrected chi connectivity index (χ3v) is 5.37. The van der Waals surface area contributed by atoms with E-state index in [0.717, 1.165) is 6.07 Å². The van der Waals surface area contributed by atoms with Gasteiger partial charge in [-0.25, -0.2) is 17.4 Å². The van der Waals surface area contributed by atoms with Crippen LogP contribution in [0.2, 0.25) is 0 Å². The van der Waals surface area contributed by atoms with Crippen molar-refractivity contribution in [3.05, 3.63) is 65.0 Å². The van der Waals surface area contributed by atoms with E-state index in [9.17, 15) is 22.2 Å². The van der Waals surface area contributed by atoms with Crippen molar-refractivity contribution >= 4 is 22.9 Å². The molecule has 1 saturated heterocycles. The molecule has 0 saturated carbocycles. The number of hydrogen-bond donors (Lipinski definition) is 2. The summed E-state index contributed by atoms with van der Waals surface area (Å²) in [5.41, 5.74) is 0.788. The summed E-state index contributed by atoms with van der Waals surface area (Å²) in [6, 6.07) is 7.13. The van der Waals surface area contributed by atoms with E-state index in [2.05, 4.69) is 4.72 Å². The van der Waals surface area contributed by atoms with Crippen LogP contribution in [0.25, 0.3) is 0 Å². The average molecular weight is 427 g/mol. The van der Waals surface area contributed by atoms with Gasteiger partial charge in [-0.1, -0.05) is 0 Å². The van der Waals surface area contributed by atoms with Crippen molar-refractivity contribution in [2.75, 3.05) is 30.9 Å². The lowest BCUT2D eigenvalue weighted by Gasteiger charge is -2.38. The largest absolute Gasteiger partial charge is 0.336 e. The second-order valence-electron chi connectivity index (χ2n) is 6.72. The van der Waals surface area contributed by atoms with Crippen LogP contribution in [0.5, 0.6) is 0 Å². The van der Waals surface area contributed by atoms with Crippen molar-refractivity contribution < 1.29 is 26.7 Å². The van der Waals surface area contributed by atoms with Gasteiger partial charge in [0, 0.05) is 55.1 Å². The van der Waals surface area contributed by atoms with Crippen LogP contribution in [0.15, 0.2) is 36.4 Å². The molecular formula is C19H20F3N3O3S. The van der Waals surface area contributed by atoms with Crippen molar-refractivity contribution in [2.24, 2.45) is 0 Å². The van der Waals surface area contributed by atoms with Gasteiger partial charge in [-0.15, -0.1) is 0 Å². The molecular weight excluding hydrogens is 407 g/mol. The van der Waals surface area contributed by atoms with Gasteiger partial charge in [0.25, 0.3) is 17.2 Å². The molecule has 2 atom stereocenters. The molecule has 2 unspecified atom stereocenters. The van der Waals surface area contributed by atoms with E-state index in [1.807, 2.05) is 4.90 Å². The molecule has 1 heterocycles. The fraction of sp³-hybridized carbons (Fsp3) is 0.316. The molecule has 6 nitrogen and oxygen atoms in total. The maximum atomic E-state index is 14.1. The molecule has 2 N–H and O–H groups in total. The number of halogens is 3. The zero-order valence-corrected chi connectivity index (χ0v) is 16.4. The van der Waals surface area contributed by atoms with Gasteiger partial charge in [-0.2, -0.15) is 0 Å². The Balaban J connectivity index is 1.63. The minimum absolute atomic E-state index is 0.0494. The fourth-order valence-corrected chi connectivity index (χ4v) is 3.69. The average Bonchev–Trinajstić information content (AvgIpc) is 2.70. The quantitative estimate of drug-likeness (QED) is 0.568. The highest BCUT2D eigenvalue weighted by Gasteiger charge is 2.27. The van der Waals surface area contributed by atoms with Crippen molar-refractivity contribution in [1.82, 2.24) is 9.80 Å². The lowest BCUT2D eigenvalue weighted by Crippen LogP contribution is -2.49. The Morgan fingerprint density at radius 2 is 1.72 bits per heavy atom. The molecule has 1 aliphatic heterocycles. The smallest absolute Gasteiger partial charge is 0.259 e. The first-order valence-corrected chi connectivity index (χ1v) is 10.0. The van der Waals surface area contributed by atoms with Gasteiger partial charge in [0.15, 0.2) is 11.6 Å². The molecule has 1 fully saturated rings. The minimum atomic E-state index is -2.19. The summed E-state index contributed by atoms with van der Waals surface area (Å²) in [6.45, 7) is 3.28. The van der Waals surface area contributed by atoms with Crippen LogP contribution in [-0.2, 0) is 11.3 Å². The highest BCUT2D eigenvalue weighted by molar-refractivity contribution is 7.80. The van der Waals surface area contributed by atoms with Gasteiger partial charge in [-0.3, -0.25) is 19.0 Å². The maximum absolute atomic E-state index is 14.1. The first-order chi connectivity index (χ1) is 13.8. The SMILES string of the molecule is CC(c1cc(F)cc(F)c1F)N1CCN(C(=O)c2ccc(NS(=O)O)cc2)CC1. The number of hydrogen-bond acceptors (Lipinski definition) is 3. The number of benzene rings is 2. The van der Waals surface area contributed by atoms with Gasteiger partial charge < -0.3 is 4.90 Å². The summed E-state index contributed by atoms with van der Waals surface area (Å²) in [7, 11) is 0. The predicted octanol–water partition coefficient (Wildman–Crippen LogP) is 3.17. The lowest BCUT2D eigenvalue weighted by atomic mass is 10.0. The van der Waals surface area contributed by atoms with Crippen molar-refractivity contribution in [3.63, 3.8) is 0 Å². The third kappa shape index (κ3) is 4.95. The maximum Gasteiger partial charge on any atom is 0.259 e. The second-order valence-corrected chi connectivity index (χ2v) is 7.43. The zero-order chi connectivity index (χ0) is 21.1. The molecule has 3 rings (SSSR count). The minimum Gasteiger partial charge on any atom is -0.336 e. The molecule has 1 aliphatic rings. The van der Waals surface area contributed by atoms with E-state index < -0.39 is 34.8 Å². The van der Waals surface area contributed by atoms with Crippen LogP contribution < -0.4 is 4.72 Å². The van der Waals surface area contributed by atoms with E-state index in [-0.39, 0.29) is 11.5 Å². The number of carbonyl (C=O) groups is 1. The van der Waals surface area contributed by atoms with Crippen LogP contribution in [-0.4, -0.2) is 50.6 Å². The van der Waals surface area contributed by atoms with E-state index in [1.165, 1.54) is 12.1 Å². The Hall–Kier alpha value is -2.43. The van der Waals surface area contributed by atoms with Gasteiger partial charge in [-0.05, 0) is 37.3 Å². The number of anilines is 1. The molecule has 2 aromatic carbocycles. The number of amides is 1. The molecule has 10 heteroatoms. The summed E-state index contributed by atoms with van der Waals surface area (Å²) in [4.78, 5) is 16.1. The lowest BCUT2D eigenvalue weighted by molar-refractivity contribution is 0.0578.